The minimum Gasteiger partial charge on any atom is -0.494 e. The Kier molecular flexibility index (Phi) is 9.17. The average molecular weight is 541 g/mol. The number of ether oxygens (including phenoxy) is 1. The van der Waals surface area contributed by atoms with E-state index in [-0.39, 0.29) is 5.82 Å². The molecule has 0 N–H and O–H groups in total. The van der Waals surface area contributed by atoms with E-state index in [4.69, 9.17) is 4.74 Å². The lowest BCUT2D eigenvalue weighted by atomic mass is 9.95. The topological polar surface area (TPSA) is 9.23 Å². The Morgan fingerprint density at radius 3 is 2.02 bits per heavy atom. The number of hydrogen-bond acceptors (Lipinski definition) is 1. The van der Waals surface area contributed by atoms with Crippen LogP contribution in [0.15, 0.2) is 97.1 Å². The summed E-state index contributed by atoms with van der Waals surface area (Å²) in [6.45, 7) is 7.07. The van der Waals surface area contributed by atoms with Gasteiger partial charge in [-0.25, -0.2) is 4.39 Å². The first-order valence-electron chi connectivity index (χ1n) is 14.7. The van der Waals surface area contributed by atoms with Gasteiger partial charge in [0.25, 0.3) is 0 Å². The molecule has 0 bridgehead atoms. The summed E-state index contributed by atoms with van der Waals surface area (Å²) in [4.78, 5) is 0. The third-order valence-corrected chi connectivity index (χ3v) is 7.53. The van der Waals surface area contributed by atoms with Crippen LogP contribution in [0, 0.1) is 24.6 Å². The molecule has 0 aliphatic heterocycles. The first-order chi connectivity index (χ1) is 20.0. The molecule has 41 heavy (non-hydrogen) atoms. The van der Waals surface area contributed by atoms with Crippen LogP contribution in [-0.2, 0) is 6.42 Å². The second kappa shape index (κ2) is 13.3. The number of rotatable bonds is 9. The van der Waals surface area contributed by atoms with Crippen LogP contribution in [0.3, 0.4) is 0 Å². The van der Waals surface area contributed by atoms with Gasteiger partial charge in [-0.1, -0.05) is 87.1 Å². The van der Waals surface area contributed by atoms with Crippen molar-refractivity contribution in [1.29, 1.82) is 0 Å². The Morgan fingerprint density at radius 2 is 1.32 bits per heavy atom. The largest absolute Gasteiger partial charge is 0.494 e. The van der Waals surface area contributed by atoms with E-state index in [1.54, 1.807) is 6.07 Å². The first-order valence-corrected chi connectivity index (χ1v) is 14.7. The Labute approximate surface area is 244 Å². The van der Waals surface area contributed by atoms with Gasteiger partial charge in [0.1, 0.15) is 11.6 Å². The number of halogens is 1. The van der Waals surface area contributed by atoms with Gasteiger partial charge in [-0.05, 0) is 113 Å². The van der Waals surface area contributed by atoms with Crippen molar-refractivity contribution < 1.29 is 9.13 Å². The summed E-state index contributed by atoms with van der Waals surface area (Å²) in [7, 11) is 0. The van der Waals surface area contributed by atoms with Crippen molar-refractivity contribution in [3.63, 3.8) is 0 Å². The minimum absolute atomic E-state index is 0.265. The second-order valence-electron chi connectivity index (χ2n) is 10.7. The summed E-state index contributed by atoms with van der Waals surface area (Å²) in [5, 5.41) is 2.23. The second-order valence-corrected chi connectivity index (χ2v) is 10.7. The summed E-state index contributed by atoms with van der Waals surface area (Å²) in [5.74, 6) is 6.90. The van der Waals surface area contributed by atoms with Gasteiger partial charge in [0, 0.05) is 16.7 Å². The van der Waals surface area contributed by atoms with E-state index >= 15 is 4.39 Å². The van der Waals surface area contributed by atoms with E-state index < -0.39 is 0 Å². The summed E-state index contributed by atoms with van der Waals surface area (Å²) in [5.41, 5.74) is 7.77. The van der Waals surface area contributed by atoms with Crippen LogP contribution < -0.4 is 4.74 Å². The summed E-state index contributed by atoms with van der Waals surface area (Å²) in [6.07, 6.45) is 5.70. The molecule has 0 spiro atoms. The number of aryl methyl sites for hydroxylation is 2. The highest BCUT2D eigenvalue weighted by Gasteiger charge is 2.10. The summed E-state index contributed by atoms with van der Waals surface area (Å²) < 4.78 is 21.1. The zero-order valence-electron chi connectivity index (χ0n) is 24.3. The number of hydrogen-bond donors (Lipinski definition) is 0. The molecule has 0 aliphatic rings. The molecule has 2 heteroatoms. The highest BCUT2D eigenvalue weighted by Crippen LogP contribution is 2.31. The van der Waals surface area contributed by atoms with E-state index in [0.29, 0.717) is 11.1 Å². The standard InChI is InChI=1S/C39H37FO/c1-4-6-8-29-9-14-31(15-10-29)33-17-18-35-26-36(20-19-34(35)25-33)38-24-28(3)32(27-39(38)40)16-11-30-12-21-37(22-13-30)41-23-7-5-2/h9-10,12-15,17-22,24-27H,4-8,23H2,1-3H3. The molecular formula is C39H37FO. The summed E-state index contributed by atoms with van der Waals surface area (Å²) in [6, 6.07) is 32.7. The average Bonchev–Trinajstić information content (AvgIpc) is 3.01. The van der Waals surface area contributed by atoms with Crippen LogP contribution >= 0.6 is 0 Å². The zero-order chi connectivity index (χ0) is 28.6. The van der Waals surface area contributed by atoms with Gasteiger partial charge in [0.05, 0.1) is 6.61 Å². The molecule has 0 aliphatic carbocycles. The fourth-order valence-electron chi connectivity index (χ4n) is 4.98. The molecule has 5 aromatic carbocycles. The molecule has 0 unspecified atom stereocenters. The maximum atomic E-state index is 15.4. The molecule has 1 nitrogen and oxygen atoms in total. The van der Waals surface area contributed by atoms with E-state index in [9.17, 15) is 0 Å². The quantitative estimate of drug-likeness (QED) is 0.133. The van der Waals surface area contributed by atoms with E-state index in [1.165, 1.54) is 29.5 Å². The fraction of sp³-hybridized carbons (Fsp3) is 0.231. The molecule has 0 atom stereocenters. The molecule has 206 valence electrons. The van der Waals surface area contributed by atoms with Crippen molar-refractivity contribution in [2.45, 2.75) is 52.9 Å². The van der Waals surface area contributed by atoms with Crippen molar-refractivity contribution in [2.24, 2.45) is 0 Å². The van der Waals surface area contributed by atoms with Gasteiger partial charge in [-0.2, -0.15) is 0 Å². The lowest BCUT2D eigenvalue weighted by Gasteiger charge is -2.10. The normalized spacial score (nSPS) is 10.8. The SMILES string of the molecule is CCCCOc1ccc(C#Cc2cc(F)c(-c3ccc4cc(-c5ccc(CCCC)cc5)ccc4c3)cc2C)cc1. The molecule has 0 heterocycles. The van der Waals surface area contributed by atoms with Crippen LogP contribution in [-0.4, -0.2) is 6.61 Å². The van der Waals surface area contributed by atoms with Gasteiger partial charge < -0.3 is 4.74 Å². The van der Waals surface area contributed by atoms with Crippen molar-refractivity contribution in [1.82, 2.24) is 0 Å². The highest BCUT2D eigenvalue weighted by molar-refractivity contribution is 5.91. The number of fused-ring (bicyclic) bond motifs is 1. The Balaban J connectivity index is 1.33. The van der Waals surface area contributed by atoms with Crippen LogP contribution in [0.2, 0.25) is 0 Å². The van der Waals surface area contributed by atoms with Gasteiger partial charge in [0.15, 0.2) is 0 Å². The van der Waals surface area contributed by atoms with E-state index in [1.807, 2.05) is 43.3 Å². The third kappa shape index (κ3) is 7.05. The van der Waals surface area contributed by atoms with Gasteiger partial charge in [-0.3, -0.25) is 0 Å². The van der Waals surface area contributed by atoms with Crippen LogP contribution in [0.4, 0.5) is 4.39 Å². The van der Waals surface area contributed by atoms with Gasteiger partial charge >= 0.3 is 0 Å². The molecule has 5 rings (SSSR count). The first kappa shape index (κ1) is 28.2. The molecule has 0 radical (unpaired) electrons. The monoisotopic (exact) mass is 540 g/mol. The molecule has 5 aromatic rings. The number of unbranched alkanes of at least 4 members (excludes halogenated alkanes) is 2. The Bertz CT molecular complexity index is 1690. The lowest BCUT2D eigenvalue weighted by Crippen LogP contribution is -1.95. The smallest absolute Gasteiger partial charge is 0.132 e. The molecule has 0 saturated carbocycles. The third-order valence-electron chi connectivity index (χ3n) is 7.53. The Hall–Kier alpha value is -4.35. The van der Waals surface area contributed by atoms with Gasteiger partial charge in [-0.15, -0.1) is 0 Å². The van der Waals surface area contributed by atoms with Crippen LogP contribution in [0.25, 0.3) is 33.0 Å². The molecule has 0 saturated heterocycles. The van der Waals surface area contributed by atoms with Crippen molar-refractivity contribution in [3.05, 3.63) is 125 Å². The lowest BCUT2D eigenvalue weighted by molar-refractivity contribution is 0.309. The van der Waals surface area contributed by atoms with Crippen LogP contribution in [0.1, 0.15) is 61.8 Å². The fourth-order valence-corrected chi connectivity index (χ4v) is 4.98. The molecule has 0 amide bonds. The maximum absolute atomic E-state index is 15.4. The molecular weight excluding hydrogens is 503 g/mol. The van der Waals surface area contributed by atoms with Crippen LogP contribution in [0.5, 0.6) is 5.75 Å². The minimum atomic E-state index is -0.265. The summed E-state index contributed by atoms with van der Waals surface area (Å²) >= 11 is 0. The molecule has 0 aromatic heterocycles. The van der Waals surface area contributed by atoms with Gasteiger partial charge in [0.2, 0.25) is 0 Å². The van der Waals surface area contributed by atoms with E-state index in [0.717, 1.165) is 59.1 Å². The predicted octanol–water partition coefficient (Wildman–Crippen LogP) is 10.5. The Morgan fingerprint density at radius 1 is 0.659 bits per heavy atom. The van der Waals surface area contributed by atoms with Crippen molar-refractivity contribution in [3.8, 4) is 39.8 Å². The maximum Gasteiger partial charge on any atom is 0.132 e. The highest BCUT2D eigenvalue weighted by atomic mass is 19.1. The zero-order valence-corrected chi connectivity index (χ0v) is 24.3. The van der Waals surface area contributed by atoms with Crippen molar-refractivity contribution in [2.75, 3.05) is 6.61 Å². The van der Waals surface area contributed by atoms with Crippen molar-refractivity contribution >= 4 is 10.8 Å². The molecule has 0 fully saturated rings. The predicted molar refractivity (Wildman–Crippen MR) is 171 cm³/mol. The van der Waals surface area contributed by atoms with E-state index in [2.05, 4.69) is 80.3 Å². The number of benzene rings is 5.